The second-order valence-electron chi connectivity index (χ2n) is 8.01. The number of hydrazine groups is 1. The molecule has 29 heavy (non-hydrogen) atoms. The standard InChI is InChI=1S/C19H30N4O5S/c1-11(2)23-15(24)14-12(3)13(10-20-21-17(25)28-19(4,5)6)29-16(14)22(18(23)26)8-9-27-7/h11,20H,8-10H2,1-7H3,(H,21,25). The summed E-state index contributed by atoms with van der Waals surface area (Å²) in [7, 11) is 1.57. The van der Waals surface area contributed by atoms with E-state index in [1.54, 1.807) is 32.4 Å². The lowest BCUT2D eigenvalue weighted by atomic mass is 10.2. The smallest absolute Gasteiger partial charge is 0.422 e. The maximum absolute atomic E-state index is 13.0. The van der Waals surface area contributed by atoms with Gasteiger partial charge in [-0.25, -0.2) is 15.0 Å². The van der Waals surface area contributed by atoms with Crippen molar-refractivity contribution in [1.29, 1.82) is 0 Å². The van der Waals surface area contributed by atoms with Crippen molar-refractivity contribution in [2.24, 2.45) is 0 Å². The number of nitrogens with one attached hydrogen (secondary N) is 2. The van der Waals surface area contributed by atoms with E-state index in [9.17, 15) is 14.4 Å². The molecule has 2 heterocycles. The molecule has 0 unspecified atom stereocenters. The van der Waals surface area contributed by atoms with E-state index < -0.39 is 11.7 Å². The molecule has 162 valence electrons. The van der Waals surface area contributed by atoms with E-state index in [0.29, 0.717) is 29.9 Å². The first-order chi connectivity index (χ1) is 13.5. The molecule has 0 aliphatic carbocycles. The number of thiophene rings is 1. The molecule has 0 saturated carbocycles. The Morgan fingerprint density at radius 2 is 1.90 bits per heavy atom. The lowest BCUT2D eigenvalue weighted by Gasteiger charge is -2.19. The van der Waals surface area contributed by atoms with Crippen LogP contribution in [0.15, 0.2) is 9.59 Å². The number of carbonyl (C=O) groups is 1. The van der Waals surface area contributed by atoms with Gasteiger partial charge in [0.25, 0.3) is 5.56 Å². The summed E-state index contributed by atoms with van der Waals surface area (Å²) < 4.78 is 13.2. The summed E-state index contributed by atoms with van der Waals surface area (Å²) in [4.78, 5) is 39.2. The molecule has 0 radical (unpaired) electrons. The van der Waals surface area contributed by atoms with Crippen molar-refractivity contribution < 1.29 is 14.3 Å². The molecule has 9 nitrogen and oxygen atoms in total. The molecule has 2 aromatic heterocycles. The zero-order valence-electron chi connectivity index (χ0n) is 18.0. The van der Waals surface area contributed by atoms with E-state index in [4.69, 9.17) is 9.47 Å². The SMILES string of the molecule is COCCn1c(=O)n(C(C)C)c(=O)c2c(C)c(CNNC(=O)OC(C)(C)C)sc21. The van der Waals surface area contributed by atoms with E-state index in [1.165, 1.54) is 15.9 Å². The van der Waals surface area contributed by atoms with Gasteiger partial charge in [0.1, 0.15) is 10.4 Å². The predicted octanol–water partition coefficient (Wildman–Crippen LogP) is 2.29. The monoisotopic (exact) mass is 426 g/mol. The third-order valence-electron chi connectivity index (χ3n) is 4.22. The highest BCUT2D eigenvalue weighted by Crippen LogP contribution is 2.28. The molecule has 0 bridgehead atoms. The van der Waals surface area contributed by atoms with Gasteiger partial charge >= 0.3 is 11.8 Å². The molecular weight excluding hydrogens is 396 g/mol. The Morgan fingerprint density at radius 1 is 1.24 bits per heavy atom. The molecule has 10 heteroatoms. The second-order valence-corrected chi connectivity index (χ2v) is 9.09. The zero-order valence-corrected chi connectivity index (χ0v) is 18.9. The number of hydrogen-bond acceptors (Lipinski definition) is 7. The number of ether oxygens (including phenoxy) is 2. The maximum Gasteiger partial charge on any atom is 0.422 e. The van der Waals surface area contributed by atoms with Crippen molar-refractivity contribution in [3.05, 3.63) is 31.3 Å². The molecular formula is C19H30N4O5S. The van der Waals surface area contributed by atoms with Gasteiger partial charge in [0.15, 0.2) is 0 Å². The number of carbonyl (C=O) groups excluding carboxylic acids is 1. The number of aromatic nitrogens is 2. The fourth-order valence-electron chi connectivity index (χ4n) is 2.91. The van der Waals surface area contributed by atoms with E-state index in [-0.39, 0.29) is 17.3 Å². The Balaban J connectivity index is 2.40. The summed E-state index contributed by atoms with van der Waals surface area (Å²) in [6, 6.07) is -0.261. The first-order valence-corrected chi connectivity index (χ1v) is 10.3. The van der Waals surface area contributed by atoms with E-state index >= 15 is 0 Å². The molecule has 0 aliphatic rings. The minimum Gasteiger partial charge on any atom is -0.443 e. The summed E-state index contributed by atoms with van der Waals surface area (Å²) in [5, 5.41) is 0.522. The highest BCUT2D eigenvalue weighted by atomic mass is 32.1. The van der Waals surface area contributed by atoms with Crippen molar-refractivity contribution in [3.63, 3.8) is 0 Å². The Bertz CT molecular complexity index is 997. The summed E-state index contributed by atoms with van der Waals surface area (Å²) in [6.07, 6.45) is -0.588. The first kappa shape index (κ1) is 23.1. The molecule has 0 aromatic carbocycles. The molecule has 0 spiro atoms. The number of fused-ring (bicyclic) bond motifs is 1. The molecule has 0 atom stereocenters. The number of rotatable bonds is 7. The van der Waals surface area contributed by atoms with Gasteiger partial charge in [-0.15, -0.1) is 11.3 Å². The first-order valence-electron chi connectivity index (χ1n) is 9.46. The molecule has 0 fully saturated rings. The van der Waals surface area contributed by atoms with Crippen LogP contribution in [0.2, 0.25) is 0 Å². The van der Waals surface area contributed by atoms with Gasteiger partial charge in [0.05, 0.1) is 18.5 Å². The summed E-state index contributed by atoms with van der Waals surface area (Å²) >= 11 is 1.35. The number of nitrogens with zero attached hydrogens (tertiary/aromatic N) is 2. The van der Waals surface area contributed by atoms with E-state index in [2.05, 4.69) is 10.9 Å². The van der Waals surface area contributed by atoms with Crippen molar-refractivity contribution >= 4 is 27.6 Å². The van der Waals surface area contributed by atoms with Crippen LogP contribution in [0.3, 0.4) is 0 Å². The second kappa shape index (κ2) is 9.10. The summed E-state index contributed by atoms with van der Waals surface area (Å²) in [6.45, 7) is 11.8. The predicted molar refractivity (Wildman–Crippen MR) is 114 cm³/mol. The van der Waals surface area contributed by atoms with Crippen LogP contribution in [0.4, 0.5) is 4.79 Å². The molecule has 2 rings (SSSR count). The van der Waals surface area contributed by atoms with E-state index in [0.717, 1.165) is 10.4 Å². The van der Waals surface area contributed by atoms with Crippen molar-refractivity contribution in [2.75, 3.05) is 13.7 Å². The minimum absolute atomic E-state index is 0.261. The van der Waals surface area contributed by atoms with Crippen LogP contribution >= 0.6 is 11.3 Å². The average molecular weight is 427 g/mol. The average Bonchev–Trinajstić information content (AvgIpc) is 2.90. The number of hydrogen-bond donors (Lipinski definition) is 2. The van der Waals surface area contributed by atoms with Crippen LogP contribution in [0.25, 0.3) is 10.2 Å². The van der Waals surface area contributed by atoms with Crippen LogP contribution in [0, 0.1) is 6.92 Å². The number of aryl methyl sites for hydroxylation is 1. The summed E-state index contributed by atoms with van der Waals surface area (Å²) in [5.41, 5.74) is 4.86. The van der Waals surface area contributed by atoms with Gasteiger partial charge < -0.3 is 9.47 Å². The fourth-order valence-corrected chi connectivity index (χ4v) is 4.17. The van der Waals surface area contributed by atoms with Crippen molar-refractivity contribution in [2.45, 2.75) is 66.3 Å². The molecule has 2 aromatic rings. The van der Waals surface area contributed by atoms with Gasteiger partial charge in [-0.2, -0.15) is 0 Å². The topological polar surface area (TPSA) is 104 Å². The lowest BCUT2D eigenvalue weighted by Crippen LogP contribution is -2.41. The van der Waals surface area contributed by atoms with Crippen LogP contribution in [-0.2, 0) is 22.6 Å². The third kappa shape index (κ3) is 5.26. The Morgan fingerprint density at radius 3 is 2.45 bits per heavy atom. The zero-order chi connectivity index (χ0) is 21.9. The number of amides is 1. The quantitative estimate of drug-likeness (QED) is 0.659. The molecule has 1 amide bonds. The van der Waals surface area contributed by atoms with Crippen molar-refractivity contribution in [1.82, 2.24) is 20.0 Å². The Hall–Kier alpha value is -2.17. The van der Waals surface area contributed by atoms with Gasteiger partial charge in [-0.05, 0) is 47.1 Å². The highest BCUT2D eigenvalue weighted by molar-refractivity contribution is 7.18. The largest absolute Gasteiger partial charge is 0.443 e. The van der Waals surface area contributed by atoms with Gasteiger partial charge in [0.2, 0.25) is 0 Å². The Labute approximate surface area is 173 Å². The fraction of sp³-hybridized carbons (Fsp3) is 0.632. The van der Waals surface area contributed by atoms with Crippen LogP contribution in [0.1, 0.15) is 51.1 Å². The Kier molecular flexibility index (Phi) is 7.25. The van der Waals surface area contributed by atoms with Crippen molar-refractivity contribution in [3.8, 4) is 0 Å². The lowest BCUT2D eigenvalue weighted by molar-refractivity contribution is 0.0497. The van der Waals surface area contributed by atoms with Gasteiger partial charge in [-0.3, -0.25) is 19.4 Å². The normalized spacial score (nSPS) is 12.0. The molecule has 0 saturated heterocycles. The van der Waals surface area contributed by atoms with Crippen LogP contribution < -0.4 is 22.1 Å². The summed E-state index contributed by atoms with van der Waals surface area (Å²) in [5.74, 6) is 0. The molecule has 0 aliphatic heterocycles. The van der Waals surface area contributed by atoms with Gasteiger partial charge in [0, 0.05) is 24.6 Å². The maximum atomic E-state index is 13.0. The minimum atomic E-state index is -0.599. The third-order valence-corrected chi connectivity index (χ3v) is 5.53. The highest BCUT2D eigenvalue weighted by Gasteiger charge is 2.21. The van der Waals surface area contributed by atoms with Crippen LogP contribution in [-0.4, -0.2) is 34.5 Å². The van der Waals surface area contributed by atoms with Crippen LogP contribution in [0.5, 0.6) is 0 Å². The number of methoxy groups -OCH3 is 1. The van der Waals surface area contributed by atoms with E-state index in [1.807, 2.05) is 20.8 Å². The van der Waals surface area contributed by atoms with Gasteiger partial charge in [-0.1, -0.05) is 0 Å². The molecule has 2 N–H and O–H groups in total.